The average molecular weight is 460 g/mol. The smallest absolute Gasteiger partial charge is 0.253 e. The predicted molar refractivity (Wildman–Crippen MR) is 114 cm³/mol. The molecule has 8 heteroatoms. The molecule has 28 heavy (non-hydrogen) atoms. The topological polar surface area (TPSA) is 58.2 Å². The average Bonchev–Trinajstić information content (AvgIpc) is 2.63. The zero-order chi connectivity index (χ0) is 20.3. The Bertz CT molecular complexity index is 830. The van der Waals surface area contributed by atoms with Gasteiger partial charge in [0.2, 0.25) is 0 Å². The van der Waals surface area contributed by atoms with E-state index in [9.17, 15) is 9.59 Å². The number of hydrogen-bond acceptors (Lipinski definition) is 2. The highest BCUT2D eigenvalue weighted by molar-refractivity contribution is 6.37. The quantitative estimate of drug-likeness (QED) is 0.609. The Labute approximate surface area is 183 Å². The lowest BCUT2D eigenvalue weighted by Gasteiger charge is -2.33. The van der Waals surface area contributed by atoms with Crippen molar-refractivity contribution in [1.82, 2.24) is 10.6 Å². The number of hydrogen-bond donors (Lipinski definition) is 2. The molecular weight excluding hydrogens is 442 g/mol. The Balaban J connectivity index is 1.71. The summed E-state index contributed by atoms with van der Waals surface area (Å²) in [5.41, 5.74) is 0.699. The van der Waals surface area contributed by atoms with Gasteiger partial charge < -0.3 is 10.6 Å². The van der Waals surface area contributed by atoms with Crippen LogP contribution in [0.25, 0.3) is 0 Å². The monoisotopic (exact) mass is 458 g/mol. The highest BCUT2D eigenvalue weighted by Gasteiger charge is 2.29. The zero-order valence-corrected chi connectivity index (χ0v) is 17.8. The van der Waals surface area contributed by atoms with E-state index in [-0.39, 0.29) is 33.9 Å². The predicted octanol–water partition coefficient (Wildman–Crippen LogP) is 5.77. The molecule has 2 aromatic rings. The molecule has 3 rings (SSSR count). The molecule has 0 aromatic heterocycles. The van der Waals surface area contributed by atoms with Crippen LogP contribution in [0.15, 0.2) is 36.4 Å². The summed E-state index contributed by atoms with van der Waals surface area (Å²) in [4.78, 5) is 25.3. The molecule has 0 unspecified atom stereocenters. The molecule has 1 saturated carbocycles. The van der Waals surface area contributed by atoms with Crippen molar-refractivity contribution in [3.8, 4) is 0 Å². The Morgan fingerprint density at radius 2 is 1.11 bits per heavy atom. The summed E-state index contributed by atoms with van der Waals surface area (Å²) in [7, 11) is 0. The van der Waals surface area contributed by atoms with Crippen LogP contribution in [0, 0.1) is 0 Å². The zero-order valence-electron chi connectivity index (χ0n) is 14.8. The van der Waals surface area contributed by atoms with Crippen LogP contribution in [0.5, 0.6) is 0 Å². The van der Waals surface area contributed by atoms with E-state index in [1.54, 1.807) is 24.3 Å². The van der Waals surface area contributed by atoms with Crippen LogP contribution in [0.3, 0.4) is 0 Å². The number of carbonyl (C=O) groups is 2. The number of rotatable bonds is 4. The summed E-state index contributed by atoms with van der Waals surface area (Å²) in [6, 6.07) is 9.05. The highest BCUT2D eigenvalue weighted by Crippen LogP contribution is 2.25. The summed E-state index contributed by atoms with van der Waals surface area (Å²) in [5, 5.41) is 7.48. The summed E-state index contributed by atoms with van der Waals surface area (Å²) in [5.74, 6) is -0.588. The van der Waals surface area contributed by atoms with Gasteiger partial charge in [-0.3, -0.25) is 9.59 Å². The molecule has 0 aliphatic heterocycles. The van der Waals surface area contributed by atoms with Crippen LogP contribution in [0.4, 0.5) is 0 Å². The molecule has 2 atom stereocenters. The van der Waals surface area contributed by atoms with Crippen LogP contribution in [-0.4, -0.2) is 23.9 Å². The van der Waals surface area contributed by atoms with E-state index < -0.39 is 0 Å². The van der Waals surface area contributed by atoms with Gasteiger partial charge in [-0.05, 0) is 49.2 Å². The normalized spacial score (nSPS) is 19.1. The molecule has 1 fully saturated rings. The maximum atomic E-state index is 12.7. The molecule has 2 amide bonds. The second kappa shape index (κ2) is 9.36. The van der Waals surface area contributed by atoms with Gasteiger partial charge in [0.05, 0.1) is 21.2 Å². The fraction of sp³-hybridized carbons (Fsp3) is 0.300. The standard InChI is InChI=1S/C20H18Cl4N2O2/c21-11-5-7-13(15(23)9-11)19(27)25-17-3-1-2-4-18(17)26-20(28)14-8-6-12(22)10-16(14)24/h5-10,17-18H,1-4H2,(H,25,27)(H,26,28)/t17-,18-/m1/s1. The SMILES string of the molecule is O=C(N[C@@H]1CCCC[C@H]1NC(=O)c1ccc(Cl)cc1Cl)c1ccc(Cl)cc1Cl. The van der Waals surface area contributed by atoms with E-state index in [2.05, 4.69) is 10.6 Å². The maximum absolute atomic E-state index is 12.7. The first-order chi connectivity index (χ1) is 13.3. The minimum Gasteiger partial charge on any atom is -0.347 e. The lowest BCUT2D eigenvalue weighted by atomic mass is 9.89. The molecule has 0 spiro atoms. The number of benzene rings is 2. The Hall–Kier alpha value is -1.46. The molecular formula is C20H18Cl4N2O2. The Morgan fingerprint density at radius 3 is 1.46 bits per heavy atom. The number of nitrogens with one attached hydrogen (secondary N) is 2. The summed E-state index contributed by atoms with van der Waals surface area (Å²) in [6.45, 7) is 0. The molecule has 2 aromatic carbocycles. The van der Waals surface area contributed by atoms with E-state index in [0.717, 1.165) is 25.7 Å². The molecule has 0 heterocycles. The number of amides is 2. The Kier molecular flexibility index (Phi) is 7.10. The molecule has 1 aliphatic carbocycles. The van der Waals surface area contributed by atoms with E-state index >= 15 is 0 Å². The van der Waals surface area contributed by atoms with Crippen LogP contribution in [0.1, 0.15) is 46.4 Å². The van der Waals surface area contributed by atoms with Gasteiger partial charge in [-0.25, -0.2) is 0 Å². The first-order valence-electron chi connectivity index (χ1n) is 8.87. The third kappa shape index (κ3) is 5.12. The molecule has 4 nitrogen and oxygen atoms in total. The largest absolute Gasteiger partial charge is 0.347 e. The molecule has 0 bridgehead atoms. The van der Waals surface area contributed by atoms with Gasteiger partial charge in [-0.15, -0.1) is 0 Å². The summed E-state index contributed by atoms with van der Waals surface area (Å²) < 4.78 is 0. The summed E-state index contributed by atoms with van der Waals surface area (Å²) >= 11 is 24.0. The van der Waals surface area contributed by atoms with Crippen molar-refractivity contribution in [3.05, 3.63) is 67.6 Å². The van der Waals surface area contributed by atoms with Crippen molar-refractivity contribution in [1.29, 1.82) is 0 Å². The third-order valence-corrected chi connectivity index (χ3v) is 5.85. The number of carbonyl (C=O) groups excluding carboxylic acids is 2. The molecule has 2 N–H and O–H groups in total. The second-order valence-electron chi connectivity index (χ2n) is 6.69. The molecule has 0 saturated heterocycles. The van der Waals surface area contributed by atoms with Crippen molar-refractivity contribution in [2.24, 2.45) is 0 Å². The van der Waals surface area contributed by atoms with Gasteiger partial charge in [-0.1, -0.05) is 59.2 Å². The van der Waals surface area contributed by atoms with Gasteiger partial charge in [0.25, 0.3) is 11.8 Å². The van der Waals surface area contributed by atoms with Crippen LogP contribution < -0.4 is 10.6 Å². The summed E-state index contributed by atoms with van der Waals surface area (Å²) in [6.07, 6.45) is 3.45. The first-order valence-corrected chi connectivity index (χ1v) is 10.4. The lowest BCUT2D eigenvalue weighted by Crippen LogP contribution is -2.53. The number of halogens is 4. The van der Waals surface area contributed by atoms with Gasteiger partial charge in [0, 0.05) is 22.1 Å². The first kappa shape index (κ1) is 21.3. The maximum Gasteiger partial charge on any atom is 0.253 e. The van der Waals surface area contributed by atoms with Gasteiger partial charge >= 0.3 is 0 Å². The molecule has 1 aliphatic rings. The minimum absolute atomic E-state index is 0.206. The van der Waals surface area contributed by atoms with Gasteiger partial charge in [0.15, 0.2) is 0 Å². The van der Waals surface area contributed by atoms with Crippen molar-refractivity contribution >= 4 is 58.2 Å². The van der Waals surface area contributed by atoms with E-state index in [0.29, 0.717) is 21.2 Å². The Morgan fingerprint density at radius 1 is 0.714 bits per heavy atom. The highest BCUT2D eigenvalue weighted by atomic mass is 35.5. The van der Waals surface area contributed by atoms with Crippen LogP contribution in [-0.2, 0) is 0 Å². The van der Waals surface area contributed by atoms with Crippen molar-refractivity contribution in [2.45, 2.75) is 37.8 Å². The molecule has 148 valence electrons. The van der Waals surface area contributed by atoms with E-state index in [1.807, 2.05) is 0 Å². The molecule has 0 radical (unpaired) electrons. The van der Waals surface area contributed by atoms with Crippen molar-refractivity contribution in [3.63, 3.8) is 0 Å². The second-order valence-corrected chi connectivity index (χ2v) is 8.38. The third-order valence-electron chi connectivity index (χ3n) is 4.75. The minimum atomic E-state index is -0.294. The fourth-order valence-corrected chi connectivity index (χ4v) is 4.30. The lowest BCUT2D eigenvalue weighted by molar-refractivity contribution is 0.0863. The van der Waals surface area contributed by atoms with Crippen LogP contribution >= 0.6 is 46.4 Å². The van der Waals surface area contributed by atoms with Gasteiger partial charge in [0.1, 0.15) is 0 Å². The van der Waals surface area contributed by atoms with Crippen molar-refractivity contribution < 1.29 is 9.59 Å². The van der Waals surface area contributed by atoms with Crippen molar-refractivity contribution in [2.75, 3.05) is 0 Å². The van der Waals surface area contributed by atoms with Gasteiger partial charge in [-0.2, -0.15) is 0 Å². The van der Waals surface area contributed by atoms with Crippen LogP contribution in [0.2, 0.25) is 20.1 Å². The van der Waals surface area contributed by atoms with E-state index in [1.165, 1.54) is 12.1 Å². The van der Waals surface area contributed by atoms with E-state index in [4.69, 9.17) is 46.4 Å². The fourth-order valence-electron chi connectivity index (χ4n) is 3.32.